The van der Waals surface area contributed by atoms with Crippen LogP contribution in [0.15, 0.2) is 30.9 Å². The summed E-state index contributed by atoms with van der Waals surface area (Å²) in [6, 6.07) is 5.94. The van der Waals surface area contributed by atoms with Crippen molar-refractivity contribution in [2.24, 2.45) is 0 Å². The lowest BCUT2D eigenvalue weighted by atomic mass is 10.0. The molecule has 0 bridgehead atoms. The second-order valence-corrected chi connectivity index (χ2v) is 6.06. The molecule has 1 aromatic carbocycles. The number of aryl methyl sites for hydroxylation is 4. The van der Waals surface area contributed by atoms with Crippen molar-refractivity contribution in [2.45, 2.75) is 47.0 Å². The van der Waals surface area contributed by atoms with Crippen molar-refractivity contribution in [2.75, 3.05) is 5.32 Å². The van der Waals surface area contributed by atoms with Crippen LogP contribution in [0.3, 0.4) is 0 Å². The Morgan fingerprint density at radius 3 is 2.32 bits per heavy atom. The average Bonchev–Trinajstić information content (AvgIpc) is 2.58. The Labute approximate surface area is 149 Å². The molecule has 4 heteroatoms. The van der Waals surface area contributed by atoms with E-state index in [1.54, 1.807) is 19.9 Å². The SMILES string of the molecule is C=CCc1c(C)nc(C)c(C(=O)Nc2c(CC)cccc2CC)c1F. The molecular formula is C21H25FN2O. The van der Waals surface area contributed by atoms with E-state index in [1.165, 1.54) is 0 Å². The quantitative estimate of drug-likeness (QED) is 0.757. The molecule has 0 spiro atoms. The zero-order valence-corrected chi connectivity index (χ0v) is 15.4. The van der Waals surface area contributed by atoms with Crippen LogP contribution in [0.4, 0.5) is 10.1 Å². The van der Waals surface area contributed by atoms with Gasteiger partial charge in [-0.1, -0.05) is 38.1 Å². The van der Waals surface area contributed by atoms with Crippen LogP contribution in [0.25, 0.3) is 0 Å². The van der Waals surface area contributed by atoms with Crippen molar-refractivity contribution >= 4 is 11.6 Å². The molecule has 132 valence electrons. The minimum Gasteiger partial charge on any atom is -0.321 e. The van der Waals surface area contributed by atoms with Gasteiger partial charge in [-0.15, -0.1) is 6.58 Å². The van der Waals surface area contributed by atoms with E-state index in [0.717, 1.165) is 29.7 Å². The highest BCUT2D eigenvalue weighted by Crippen LogP contribution is 2.25. The molecule has 0 atom stereocenters. The first-order chi connectivity index (χ1) is 11.9. The summed E-state index contributed by atoms with van der Waals surface area (Å²) >= 11 is 0. The number of benzene rings is 1. The lowest BCUT2D eigenvalue weighted by molar-refractivity contribution is 0.102. The highest BCUT2D eigenvalue weighted by molar-refractivity contribution is 6.06. The molecule has 2 rings (SSSR count). The number of amides is 1. The van der Waals surface area contributed by atoms with Crippen LogP contribution in [0, 0.1) is 19.7 Å². The van der Waals surface area contributed by atoms with Gasteiger partial charge in [0.15, 0.2) is 0 Å². The highest BCUT2D eigenvalue weighted by Gasteiger charge is 2.22. The van der Waals surface area contributed by atoms with Crippen molar-refractivity contribution in [1.82, 2.24) is 4.98 Å². The van der Waals surface area contributed by atoms with Crippen LogP contribution in [0.5, 0.6) is 0 Å². The number of anilines is 1. The maximum Gasteiger partial charge on any atom is 0.260 e. The second kappa shape index (κ2) is 8.06. The largest absolute Gasteiger partial charge is 0.321 e. The molecule has 0 saturated carbocycles. The zero-order chi connectivity index (χ0) is 18.6. The van der Waals surface area contributed by atoms with Crippen molar-refractivity contribution in [3.63, 3.8) is 0 Å². The van der Waals surface area contributed by atoms with Gasteiger partial charge in [0.05, 0.1) is 11.3 Å². The van der Waals surface area contributed by atoms with E-state index in [-0.39, 0.29) is 5.56 Å². The molecule has 1 aromatic heterocycles. The van der Waals surface area contributed by atoms with Gasteiger partial charge in [0.1, 0.15) is 5.82 Å². The first-order valence-corrected chi connectivity index (χ1v) is 8.63. The number of carbonyl (C=O) groups excluding carboxylic acids is 1. The van der Waals surface area contributed by atoms with Crippen LogP contribution in [-0.2, 0) is 19.3 Å². The van der Waals surface area contributed by atoms with E-state index in [4.69, 9.17) is 0 Å². The monoisotopic (exact) mass is 340 g/mol. The van der Waals surface area contributed by atoms with Gasteiger partial charge in [0, 0.05) is 16.9 Å². The number of halogens is 1. The Morgan fingerprint density at radius 2 is 1.80 bits per heavy atom. The zero-order valence-electron chi connectivity index (χ0n) is 15.4. The smallest absolute Gasteiger partial charge is 0.260 e. The van der Waals surface area contributed by atoms with E-state index < -0.39 is 11.7 Å². The average molecular weight is 340 g/mol. The van der Waals surface area contributed by atoms with Gasteiger partial charge < -0.3 is 5.32 Å². The lowest BCUT2D eigenvalue weighted by Crippen LogP contribution is -2.20. The van der Waals surface area contributed by atoms with Gasteiger partial charge >= 0.3 is 0 Å². The summed E-state index contributed by atoms with van der Waals surface area (Å²) in [5.41, 5.74) is 4.28. The molecule has 1 N–H and O–H groups in total. The molecule has 0 fully saturated rings. The van der Waals surface area contributed by atoms with Gasteiger partial charge in [-0.05, 0) is 44.2 Å². The summed E-state index contributed by atoms with van der Waals surface area (Å²) in [6.45, 7) is 11.1. The number of hydrogen-bond acceptors (Lipinski definition) is 2. The molecule has 3 nitrogen and oxygen atoms in total. The summed E-state index contributed by atoms with van der Waals surface area (Å²) in [7, 11) is 0. The first-order valence-electron chi connectivity index (χ1n) is 8.63. The standard InChI is InChI=1S/C21H25FN2O/c1-6-10-17-13(4)23-14(5)18(19(17)22)21(25)24-20-15(7-2)11-9-12-16(20)8-3/h6,9,11-12H,1,7-8,10H2,2-5H3,(H,24,25). The molecule has 0 saturated heterocycles. The fraction of sp³-hybridized carbons (Fsp3) is 0.333. The first kappa shape index (κ1) is 18.8. The van der Waals surface area contributed by atoms with E-state index in [2.05, 4.69) is 16.9 Å². The van der Waals surface area contributed by atoms with Crippen LogP contribution in [0.2, 0.25) is 0 Å². The maximum atomic E-state index is 15.0. The topological polar surface area (TPSA) is 42.0 Å². The van der Waals surface area contributed by atoms with Crippen LogP contribution in [-0.4, -0.2) is 10.9 Å². The second-order valence-electron chi connectivity index (χ2n) is 6.06. The Bertz CT molecular complexity index is 790. The van der Waals surface area contributed by atoms with Crippen molar-refractivity contribution in [1.29, 1.82) is 0 Å². The van der Waals surface area contributed by atoms with Crippen LogP contribution >= 0.6 is 0 Å². The predicted molar refractivity (Wildman–Crippen MR) is 101 cm³/mol. The van der Waals surface area contributed by atoms with E-state index >= 15 is 0 Å². The molecule has 0 unspecified atom stereocenters. The van der Waals surface area contributed by atoms with E-state index in [1.807, 2.05) is 32.0 Å². The van der Waals surface area contributed by atoms with Crippen molar-refractivity contribution in [3.8, 4) is 0 Å². The molecule has 0 aliphatic rings. The number of aromatic nitrogens is 1. The van der Waals surface area contributed by atoms with Crippen LogP contribution in [0.1, 0.15) is 52.3 Å². The summed E-state index contributed by atoms with van der Waals surface area (Å²) in [6.07, 6.45) is 3.54. The molecule has 1 heterocycles. The number of hydrogen-bond donors (Lipinski definition) is 1. The summed E-state index contributed by atoms with van der Waals surface area (Å²) in [5, 5.41) is 2.92. The molecule has 1 amide bonds. The molecule has 25 heavy (non-hydrogen) atoms. The van der Waals surface area contributed by atoms with Gasteiger partial charge in [-0.2, -0.15) is 0 Å². The fourth-order valence-corrected chi connectivity index (χ4v) is 3.07. The number of carbonyl (C=O) groups is 1. The molecule has 0 aliphatic carbocycles. The third-order valence-electron chi connectivity index (χ3n) is 4.43. The Balaban J connectivity index is 2.50. The fourth-order valence-electron chi connectivity index (χ4n) is 3.07. The third-order valence-corrected chi connectivity index (χ3v) is 4.43. The van der Waals surface area contributed by atoms with Gasteiger partial charge in [-0.3, -0.25) is 9.78 Å². The Kier molecular flexibility index (Phi) is 6.07. The number of nitrogens with zero attached hydrogens (tertiary/aromatic N) is 1. The minimum atomic E-state index is -0.505. The normalized spacial score (nSPS) is 10.6. The number of para-hydroxylation sites is 1. The van der Waals surface area contributed by atoms with Gasteiger partial charge in [-0.25, -0.2) is 4.39 Å². The molecule has 0 aliphatic heterocycles. The summed E-state index contributed by atoms with van der Waals surface area (Å²) < 4.78 is 15.0. The molecule has 0 radical (unpaired) electrons. The lowest BCUT2D eigenvalue weighted by Gasteiger charge is -2.17. The predicted octanol–water partition coefficient (Wildman–Crippen LogP) is 4.94. The highest BCUT2D eigenvalue weighted by atomic mass is 19.1. The number of allylic oxidation sites excluding steroid dienone is 1. The number of rotatable bonds is 6. The van der Waals surface area contributed by atoms with Gasteiger partial charge in [0.25, 0.3) is 5.91 Å². The Morgan fingerprint density at radius 1 is 1.20 bits per heavy atom. The van der Waals surface area contributed by atoms with E-state index in [0.29, 0.717) is 23.4 Å². The maximum absolute atomic E-state index is 15.0. The number of nitrogens with one attached hydrogen (secondary N) is 1. The Hall–Kier alpha value is -2.49. The van der Waals surface area contributed by atoms with Crippen molar-refractivity contribution in [3.05, 3.63) is 70.3 Å². The van der Waals surface area contributed by atoms with Gasteiger partial charge in [0.2, 0.25) is 0 Å². The summed E-state index contributed by atoms with van der Waals surface area (Å²) in [5.74, 6) is -0.960. The minimum absolute atomic E-state index is 0.00964. The van der Waals surface area contributed by atoms with Crippen molar-refractivity contribution < 1.29 is 9.18 Å². The molecular weight excluding hydrogens is 315 g/mol. The van der Waals surface area contributed by atoms with E-state index in [9.17, 15) is 9.18 Å². The molecule has 2 aromatic rings. The third kappa shape index (κ3) is 3.78. The van der Waals surface area contributed by atoms with Crippen LogP contribution < -0.4 is 5.32 Å². The summed E-state index contributed by atoms with van der Waals surface area (Å²) in [4.78, 5) is 17.2. The number of pyridine rings is 1.